The van der Waals surface area contributed by atoms with E-state index in [1.54, 1.807) is 6.92 Å². The first kappa shape index (κ1) is 11.4. The average Bonchev–Trinajstić information content (AvgIpc) is 2.16. The summed E-state index contributed by atoms with van der Waals surface area (Å²) in [7, 11) is 0. The molecule has 0 bridgehead atoms. The number of rotatable bonds is 4. The topological polar surface area (TPSA) is 70.6 Å². The molecule has 0 saturated carbocycles. The summed E-state index contributed by atoms with van der Waals surface area (Å²) in [5, 5.41) is 14.8. The van der Waals surface area contributed by atoms with Gasteiger partial charge in [0.15, 0.2) is 0 Å². The van der Waals surface area contributed by atoms with Crippen molar-refractivity contribution in [3.8, 4) is 0 Å². The van der Waals surface area contributed by atoms with Gasteiger partial charge in [0, 0.05) is 25.6 Å². The van der Waals surface area contributed by atoms with Crippen LogP contribution >= 0.6 is 0 Å². The molecule has 0 aromatic carbocycles. The Morgan fingerprint density at radius 1 is 1.79 bits per heavy atom. The number of hydrogen-bond donors (Lipinski definition) is 3. The Morgan fingerprint density at radius 3 is 3.14 bits per heavy atom. The van der Waals surface area contributed by atoms with Crippen LogP contribution in [0.2, 0.25) is 0 Å². The summed E-state index contributed by atoms with van der Waals surface area (Å²) >= 11 is 0. The van der Waals surface area contributed by atoms with Crippen molar-refractivity contribution in [2.24, 2.45) is 0 Å². The van der Waals surface area contributed by atoms with Crippen LogP contribution in [0.5, 0.6) is 0 Å². The minimum Gasteiger partial charge on any atom is -0.392 e. The molecule has 1 rings (SSSR count). The highest BCUT2D eigenvalue weighted by molar-refractivity contribution is 5.76. The number of ether oxygens (including phenoxy) is 1. The van der Waals surface area contributed by atoms with Crippen LogP contribution in [0.15, 0.2) is 0 Å². The molecule has 3 N–H and O–H groups in total. The largest absolute Gasteiger partial charge is 0.392 e. The van der Waals surface area contributed by atoms with Gasteiger partial charge in [0.05, 0.1) is 19.3 Å². The average molecular weight is 202 g/mol. The quantitative estimate of drug-likeness (QED) is 0.539. The number of nitrogens with one attached hydrogen (secondary N) is 2. The molecule has 1 aliphatic rings. The summed E-state index contributed by atoms with van der Waals surface area (Å²) in [6, 6.07) is 0.109. The van der Waals surface area contributed by atoms with Gasteiger partial charge in [-0.3, -0.25) is 4.79 Å². The lowest BCUT2D eigenvalue weighted by Gasteiger charge is -2.23. The Kier molecular flexibility index (Phi) is 4.86. The summed E-state index contributed by atoms with van der Waals surface area (Å²) in [6.07, 6.45) is -0.0817. The third-order valence-corrected chi connectivity index (χ3v) is 2.02. The van der Waals surface area contributed by atoms with Gasteiger partial charge in [0.1, 0.15) is 0 Å². The van der Waals surface area contributed by atoms with Crippen LogP contribution < -0.4 is 10.6 Å². The van der Waals surface area contributed by atoms with E-state index in [2.05, 4.69) is 10.6 Å². The first-order valence-corrected chi connectivity index (χ1v) is 4.94. The normalized spacial score (nSPS) is 24.3. The van der Waals surface area contributed by atoms with E-state index in [1.165, 1.54) is 0 Å². The second-order valence-electron chi connectivity index (χ2n) is 3.58. The number of morpholine rings is 1. The van der Waals surface area contributed by atoms with Crippen LogP contribution in [0, 0.1) is 0 Å². The van der Waals surface area contributed by atoms with E-state index < -0.39 is 6.10 Å². The molecule has 2 atom stereocenters. The predicted molar refractivity (Wildman–Crippen MR) is 51.9 cm³/mol. The van der Waals surface area contributed by atoms with Gasteiger partial charge < -0.3 is 20.5 Å². The second-order valence-corrected chi connectivity index (χ2v) is 3.58. The van der Waals surface area contributed by atoms with Crippen molar-refractivity contribution in [3.63, 3.8) is 0 Å². The maximum atomic E-state index is 11.3. The lowest BCUT2D eigenvalue weighted by atomic mass is 10.2. The highest BCUT2D eigenvalue weighted by Gasteiger charge is 2.16. The van der Waals surface area contributed by atoms with Gasteiger partial charge in [-0.1, -0.05) is 0 Å². The molecule has 1 saturated heterocycles. The Hall–Kier alpha value is -0.650. The fraction of sp³-hybridized carbons (Fsp3) is 0.889. The number of carbonyl (C=O) groups excluding carboxylic acids is 1. The van der Waals surface area contributed by atoms with Crippen molar-refractivity contribution in [1.29, 1.82) is 0 Å². The van der Waals surface area contributed by atoms with Gasteiger partial charge in [-0.2, -0.15) is 0 Å². The standard InChI is InChI=1S/C9H18N2O3/c1-7(12)5-11-9(13)4-8-6-14-3-2-10-8/h7-8,10,12H,2-6H2,1H3,(H,11,13)/t7-,8?/m0/s1. The van der Waals surface area contributed by atoms with Crippen LogP contribution in [0.1, 0.15) is 13.3 Å². The van der Waals surface area contributed by atoms with E-state index in [4.69, 9.17) is 9.84 Å². The maximum Gasteiger partial charge on any atom is 0.221 e. The molecule has 1 heterocycles. The van der Waals surface area contributed by atoms with Gasteiger partial charge in [-0.25, -0.2) is 0 Å². The van der Waals surface area contributed by atoms with Gasteiger partial charge in [0.2, 0.25) is 5.91 Å². The van der Waals surface area contributed by atoms with Crippen molar-refractivity contribution in [2.75, 3.05) is 26.3 Å². The molecular weight excluding hydrogens is 184 g/mol. The third-order valence-electron chi connectivity index (χ3n) is 2.02. The summed E-state index contributed by atoms with van der Waals surface area (Å²) in [5.74, 6) is -0.0473. The number of hydrogen-bond acceptors (Lipinski definition) is 4. The molecule has 0 radical (unpaired) electrons. The van der Waals surface area contributed by atoms with Gasteiger partial charge in [-0.15, -0.1) is 0 Å². The second kappa shape index (κ2) is 5.95. The molecule has 5 nitrogen and oxygen atoms in total. The molecule has 0 spiro atoms. The van der Waals surface area contributed by atoms with Crippen LogP contribution in [0.4, 0.5) is 0 Å². The zero-order chi connectivity index (χ0) is 10.4. The molecule has 14 heavy (non-hydrogen) atoms. The summed E-state index contributed by atoms with van der Waals surface area (Å²) in [4.78, 5) is 11.3. The van der Waals surface area contributed by atoms with Crippen molar-refractivity contribution >= 4 is 5.91 Å². The van der Waals surface area contributed by atoms with Crippen molar-refractivity contribution in [2.45, 2.75) is 25.5 Å². The van der Waals surface area contributed by atoms with Gasteiger partial charge in [0.25, 0.3) is 0 Å². The molecule has 0 aromatic heterocycles. The van der Waals surface area contributed by atoms with E-state index in [0.717, 1.165) is 6.54 Å². The van der Waals surface area contributed by atoms with Crippen molar-refractivity contribution in [1.82, 2.24) is 10.6 Å². The zero-order valence-corrected chi connectivity index (χ0v) is 8.45. The number of aliphatic hydroxyl groups excluding tert-OH is 1. The fourth-order valence-electron chi connectivity index (χ4n) is 1.31. The minimum absolute atomic E-state index is 0.0473. The fourth-order valence-corrected chi connectivity index (χ4v) is 1.31. The van der Waals surface area contributed by atoms with Crippen molar-refractivity contribution in [3.05, 3.63) is 0 Å². The first-order valence-electron chi connectivity index (χ1n) is 4.94. The molecule has 82 valence electrons. The summed E-state index contributed by atoms with van der Waals surface area (Å²) < 4.78 is 5.22. The molecule has 1 aliphatic heterocycles. The van der Waals surface area contributed by atoms with E-state index in [-0.39, 0.29) is 11.9 Å². The van der Waals surface area contributed by atoms with Crippen LogP contribution in [0.3, 0.4) is 0 Å². The Balaban J connectivity index is 2.12. The predicted octanol–water partition coefficient (Wildman–Crippen LogP) is -1.14. The number of amides is 1. The van der Waals surface area contributed by atoms with Crippen LogP contribution in [-0.4, -0.2) is 49.5 Å². The number of aliphatic hydroxyl groups is 1. The first-order chi connectivity index (χ1) is 6.68. The molecule has 5 heteroatoms. The van der Waals surface area contributed by atoms with Crippen LogP contribution in [0.25, 0.3) is 0 Å². The molecule has 1 amide bonds. The monoisotopic (exact) mass is 202 g/mol. The summed E-state index contributed by atoms with van der Waals surface area (Å²) in [5.41, 5.74) is 0. The Labute approximate surface area is 83.8 Å². The van der Waals surface area contributed by atoms with E-state index >= 15 is 0 Å². The Bertz CT molecular complexity index is 179. The smallest absolute Gasteiger partial charge is 0.221 e. The molecule has 0 aromatic rings. The number of carbonyl (C=O) groups is 1. The molecule has 0 aliphatic carbocycles. The zero-order valence-electron chi connectivity index (χ0n) is 8.45. The molecule has 1 fully saturated rings. The van der Waals surface area contributed by atoms with E-state index in [1.807, 2.05) is 0 Å². The van der Waals surface area contributed by atoms with E-state index in [0.29, 0.717) is 26.2 Å². The lowest BCUT2D eigenvalue weighted by Crippen LogP contribution is -2.44. The molecule has 1 unspecified atom stereocenters. The third kappa shape index (κ3) is 4.55. The molecular formula is C9H18N2O3. The Morgan fingerprint density at radius 2 is 2.57 bits per heavy atom. The maximum absolute atomic E-state index is 11.3. The SMILES string of the molecule is C[C@H](O)CNC(=O)CC1COCCN1. The lowest BCUT2D eigenvalue weighted by molar-refractivity contribution is -0.122. The van der Waals surface area contributed by atoms with E-state index in [9.17, 15) is 4.79 Å². The van der Waals surface area contributed by atoms with Crippen LogP contribution in [-0.2, 0) is 9.53 Å². The van der Waals surface area contributed by atoms with Gasteiger partial charge in [-0.05, 0) is 6.92 Å². The van der Waals surface area contributed by atoms with Gasteiger partial charge >= 0.3 is 0 Å². The van der Waals surface area contributed by atoms with Crippen molar-refractivity contribution < 1.29 is 14.6 Å². The minimum atomic E-state index is -0.491. The summed E-state index contributed by atoms with van der Waals surface area (Å²) in [6.45, 7) is 4.05. The highest BCUT2D eigenvalue weighted by atomic mass is 16.5. The highest BCUT2D eigenvalue weighted by Crippen LogP contribution is 1.97.